The summed E-state index contributed by atoms with van der Waals surface area (Å²) in [6.45, 7) is 9.63. The molecule has 1 atom stereocenters. The quantitative estimate of drug-likeness (QED) is 0.476. The Balaban J connectivity index is 1.67. The number of hydrogen-bond acceptors (Lipinski definition) is 3. The maximum Gasteiger partial charge on any atom is 0.231 e. The fourth-order valence-electron chi connectivity index (χ4n) is 3.31. The summed E-state index contributed by atoms with van der Waals surface area (Å²) >= 11 is 0. The highest BCUT2D eigenvalue weighted by Crippen LogP contribution is 2.36. The third kappa shape index (κ3) is 5.35. The number of rotatable bonds is 10. The second-order valence-corrected chi connectivity index (χ2v) is 6.65. The van der Waals surface area contributed by atoms with Crippen LogP contribution in [0.4, 0.5) is 0 Å². The van der Waals surface area contributed by atoms with E-state index in [1.807, 2.05) is 18.2 Å². The van der Waals surface area contributed by atoms with Gasteiger partial charge in [-0.1, -0.05) is 67.8 Å². The topological polar surface area (TPSA) is 30.5 Å². The van der Waals surface area contributed by atoms with Gasteiger partial charge in [-0.05, 0) is 54.1 Å². The number of ether oxygens (including phenoxy) is 2. The number of allylic oxidation sites excluding steroid dienone is 2. The largest absolute Gasteiger partial charge is 0.454 e. The number of nitrogens with one attached hydrogen (secondary N) is 1. The van der Waals surface area contributed by atoms with Gasteiger partial charge in [0.15, 0.2) is 11.5 Å². The SMILES string of the molecule is C=C/C=C(\C=C)CNCCC(Cc1ccccc1)c1ccc2c(c1)OCO2. The predicted molar refractivity (Wildman–Crippen MR) is 111 cm³/mol. The summed E-state index contributed by atoms with van der Waals surface area (Å²) in [6.07, 6.45) is 7.68. The molecule has 1 N–H and O–H groups in total. The zero-order chi connectivity index (χ0) is 18.9. The van der Waals surface area contributed by atoms with E-state index in [4.69, 9.17) is 9.47 Å². The Bertz CT molecular complexity index is 795. The Kier molecular flexibility index (Phi) is 6.89. The fourth-order valence-corrected chi connectivity index (χ4v) is 3.31. The van der Waals surface area contributed by atoms with Gasteiger partial charge in [-0.15, -0.1) is 0 Å². The fraction of sp³-hybridized carbons (Fsp3) is 0.250. The second-order valence-electron chi connectivity index (χ2n) is 6.65. The molecule has 0 saturated heterocycles. The van der Waals surface area contributed by atoms with E-state index < -0.39 is 0 Å². The molecule has 1 unspecified atom stereocenters. The summed E-state index contributed by atoms with van der Waals surface area (Å²) in [6, 6.07) is 16.9. The van der Waals surface area contributed by atoms with E-state index >= 15 is 0 Å². The van der Waals surface area contributed by atoms with E-state index in [0.717, 1.165) is 43.0 Å². The lowest BCUT2D eigenvalue weighted by molar-refractivity contribution is 0.174. The molecule has 140 valence electrons. The van der Waals surface area contributed by atoms with Crippen molar-refractivity contribution in [2.45, 2.75) is 18.8 Å². The molecule has 2 aromatic rings. The third-order valence-electron chi connectivity index (χ3n) is 4.79. The van der Waals surface area contributed by atoms with Crippen LogP contribution in [0.1, 0.15) is 23.5 Å². The molecule has 3 rings (SSSR count). The van der Waals surface area contributed by atoms with E-state index in [0.29, 0.717) is 12.7 Å². The predicted octanol–water partition coefficient (Wildman–Crippen LogP) is 5.02. The van der Waals surface area contributed by atoms with Gasteiger partial charge in [-0.25, -0.2) is 0 Å². The van der Waals surface area contributed by atoms with Gasteiger partial charge in [0.05, 0.1) is 0 Å². The minimum atomic E-state index is 0.309. The zero-order valence-electron chi connectivity index (χ0n) is 15.7. The van der Waals surface area contributed by atoms with E-state index in [9.17, 15) is 0 Å². The highest BCUT2D eigenvalue weighted by Gasteiger charge is 2.18. The van der Waals surface area contributed by atoms with Crippen LogP contribution < -0.4 is 14.8 Å². The van der Waals surface area contributed by atoms with Crippen LogP contribution in [0.2, 0.25) is 0 Å². The lowest BCUT2D eigenvalue weighted by Gasteiger charge is -2.19. The first-order valence-electron chi connectivity index (χ1n) is 9.38. The maximum absolute atomic E-state index is 5.57. The number of fused-ring (bicyclic) bond motifs is 1. The molecule has 0 amide bonds. The smallest absolute Gasteiger partial charge is 0.231 e. The molecule has 0 spiro atoms. The third-order valence-corrected chi connectivity index (χ3v) is 4.79. The first-order valence-corrected chi connectivity index (χ1v) is 9.38. The Labute approximate surface area is 162 Å². The van der Waals surface area contributed by atoms with Gasteiger partial charge in [0.1, 0.15) is 0 Å². The molecule has 2 aromatic carbocycles. The minimum Gasteiger partial charge on any atom is -0.454 e. The molecule has 1 heterocycles. The van der Waals surface area contributed by atoms with Crippen LogP contribution in [0, 0.1) is 0 Å². The summed E-state index contributed by atoms with van der Waals surface area (Å²) in [5.74, 6) is 2.09. The molecule has 27 heavy (non-hydrogen) atoms. The Morgan fingerprint density at radius 1 is 1.07 bits per heavy atom. The zero-order valence-corrected chi connectivity index (χ0v) is 15.7. The summed E-state index contributed by atoms with van der Waals surface area (Å²) in [4.78, 5) is 0. The standard InChI is InChI=1S/C24H27NO2/c1-3-8-19(4-2)17-25-14-13-22(15-20-9-6-5-7-10-20)21-11-12-23-24(16-21)27-18-26-23/h3-12,16,22,25H,1-2,13-15,17-18H2/b19-8+. The first kappa shape index (κ1) is 19.0. The molecule has 0 radical (unpaired) electrons. The molecule has 0 bridgehead atoms. The summed E-state index contributed by atoms with van der Waals surface area (Å²) in [7, 11) is 0. The van der Waals surface area contributed by atoms with Crippen LogP contribution in [0.25, 0.3) is 0 Å². The molecule has 1 aliphatic heterocycles. The normalized spacial score (nSPS) is 14.0. The van der Waals surface area contributed by atoms with Crippen LogP contribution in [-0.2, 0) is 6.42 Å². The van der Waals surface area contributed by atoms with E-state index in [-0.39, 0.29) is 0 Å². The van der Waals surface area contributed by atoms with Crippen LogP contribution in [0.3, 0.4) is 0 Å². The van der Waals surface area contributed by atoms with Crippen molar-refractivity contribution in [3.05, 3.63) is 96.6 Å². The molecule has 0 saturated carbocycles. The van der Waals surface area contributed by atoms with E-state index in [1.165, 1.54) is 11.1 Å². The van der Waals surface area contributed by atoms with Crippen molar-refractivity contribution < 1.29 is 9.47 Å². The van der Waals surface area contributed by atoms with Gasteiger partial charge in [0.2, 0.25) is 6.79 Å². The van der Waals surface area contributed by atoms with Crippen molar-refractivity contribution in [2.75, 3.05) is 19.9 Å². The monoisotopic (exact) mass is 361 g/mol. The van der Waals surface area contributed by atoms with E-state index in [1.54, 1.807) is 6.08 Å². The van der Waals surface area contributed by atoms with Crippen LogP contribution in [0.5, 0.6) is 11.5 Å². The van der Waals surface area contributed by atoms with Gasteiger partial charge in [-0.3, -0.25) is 0 Å². The van der Waals surface area contributed by atoms with Gasteiger partial charge < -0.3 is 14.8 Å². The lowest BCUT2D eigenvalue weighted by atomic mass is 9.89. The highest BCUT2D eigenvalue weighted by atomic mass is 16.7. The van der Waals surface area contributed by atoms with Crippen molar-refractivity contribution in [2.24, 2.45) is 0 Å². The summed E-state index contributed by atoms with van der Waals surface area (Å²) < 4.78 is 11.0. The second kappa shape index (κ2) is 9.79. The highest BCUT2D eigenvalue weighted by molar-refractivity contribution is 5.45. The molecule has 0 aromatic heterocycles. The summed E-state index contributed by atoms with van der Waals surface area (Å²) in [5, 5.41) is 3.52. The molecule has 3 heteroatoms. The first-order chi connectivity index (χ1) is 13.3. The van der Waals surface area contributed by atoms with Gasteiger partial charge in [-0.2, -0.15) is 0 Å². The van der Waals surface area contributed by atoms with Crippen LogP contribution >= 0.6 is 0 Å². The van der Waals surface area contributed by atoms with Crippen molar-refractivity contribution in [3.8, 4) is 11.5 Å². The molecular formula is C24H27NO2. The van der Waals surface area contributed by atoms with Gasteiger partial charge in [0.25, 0.3) is 0 Å². The van der Waals surface area contributed by atoms with Crippen LogP contribution in [0.15, 0.2) is 85.5 Å². The molecule has 3 nitrogen and oxygen atoms in total. The molecule has 0 fully saturated rings. The molecule has 1 aliphatic rings. The van der Waals surface area contributed by atoms with Crippen molar-refractivity contribution >= 4 is 0 Å². The molecule has 0 aliphatic carbocycles. The summed E-state index contributed by atoms with van der Waals surface area (Å²) in [5.41, 5.74) is 3.78. The Morgan fingerprint density at radius 3 is 2.67 bits per heavy atom. The number of hydrogen-bond donors (Lipinski definition) is 1. The Hall–Kier alpha value is -2.78. The molecular weight excluding hydrogens is 334 g/mol. The van der Waals surface area contributed by atoms with Crippen molar-refractivity contribution in [3.63, 3.8) is 0 Å². The van der Waals surface area contributed by atoms with Crippen LogP contribution in [-0.4, -0.2) is 19.9 Å². The maximum atomic E-state index is 5.57. The van der Waals surface area contributed by atoms with E-state index in [2.05, 4.69) is 60.9 Å². The number of benzene rings is 2. The lowest BCUT2D eigenvalue weighted by Crippen LogP contribution is -2.20. The van der Waals surface area contributed by atoms with Gasteiger partial charge >= 0.3 is 0 Å². The Morgan fingerprint density at radius 2 is 1.89 bits per heavy atom. The average molecular weight is 361 g/mol. The van der Waals surface area contributed by atoms with Crippen molar-refractivity contribution in [1.29, 1.82) is 0 Å². The minimum absolute atomic E-state index is 0.309. The van der Waals surface area contributed by atoms with Crippen molar-refractivity contribution in [1.82, 2.24) is 5.32 Å². The van der Waals surface area contributed by atoms with Gasteiger partial charge in [0, 0.05) is 6.54 Å². The average Bonchev–Trinajstić information content (AvgIpc) is 3.18.